The van der Waals surface area contributed by atoms with Crippen LogP contribution in [0.3, 0.4) is 0 Å². The first-order chi connectivity index (χ1) is 14.9. The van der Waals surface area contributed by atoms with E-state index in [-0.39, 0.29) is 16.7 Å². The molecule has 31 heavy (non-hydrogen) atoms. The van der Waals surface area contributed by atoms with E-state index in [0.717, 1.165) is 17.1 Å². The summed E-state index contributed by atoms with van der Waals surface area (Å²) in [5, 5.41) is -0.189. The Balaban J connectivity index is 1.76. The minimum Gasteiger partial charge on any atom is -0.480 e. The van der Waals surface area contributed by atoms with Gasteiger partial charge < -0.3 is 18.8 Å². The maximum Gasteiger partial charge on any atom is 0.295 e. The second kappa shape index (κ2) is 8.52. The van der Waals surface area contributed by atoms with Gasteiger partial charge in [-0.05, 0) is 32.0 Å². The zero-order chi connectivity index (χ0) is 22.0. The van der Waals surface area contributed by atoms with E-state index in [1.54, 1.807) is 25.3 Å². The second-order valence-electron chi connectivity index (χ2n) is 7.01. The van der Waals surface area contributed by atoms with Crippen molar-refractivity contribution in [1.82, 2.24) is 15.0 Å². The van der Waals surface area contributed by atoms with E-state index >= 15 is 0 Å². The van der Waals surface area contributed by atoms with Gasteiger partial charge in [0.05, 0.1) is 26.0 Å². The number of hydrogen-bond donors (Lipinski definition) is 1. The summed E-state index contributed by atoms with van der Waals surface area (Å²) in [4.78, 5) is 15.2. The van der Waals surface area contributed by atoms with Crippen molar-refractivity contribution in [2.75, 3.05) is 43.0 Å². The molecule has 1 aliphatic heterocycles. The van der Waals surface area contributed by atoms with Crippen molar-refractivity contribution in [2.45, 2.75) is 18.9 Å². The summed E-state index contributed by atoms with van der Waals surface area (Å²) < 4.78 is 44.1. The van der Waals surface area contributed by atoms with Crippen LogP contribution in [0.25, 0.3) is 11.1 Å². The molecule has 0 amide bonds. The molecule has 0 spiro atoms. The number of hydrogen-bond acceptors (Lipinski definition) is 9. The van der Waals surface area contributed by atoms with Crippen LogP contribution >= 0.6 is 0 Å². The fourth-order valence-electron chi connectivity index (χ4n) is 3.39. The minimum atomic E-state index is -3.96. The molecule has 1 N–H and O–H groups in total. The van der Waals surface area contributed by atoms with Crippen LogP contribution in [0.5, 0.6) is 5.88 Å². The van der Waals surface area contributed by atoms with Crippen molar-refractivity contribution in [3.63, 3.8) is 0 Å². The zero-order valence-electron chi connectivity index (χ0n) is 17.5. The zero-order valence-corrected chi connectivity index (χ0v) is 18.3. The molecular formula is C20H23N5O5S. The first kappa shape index (κ1) is 21.1. The number of methoxy groups -OCH3 is 1. The van der Waals surface area contributed by atoms with Crippen LogP contribution in [0, 0.1) is 13.8 Å². The van der Waals surface area contributed by atoms with Gasteiger partial charge in [-0.15, -0.1) is 0 Å². The van der Waals surface area contributed by atoms with Crippen molar-refractivity contribution < 1.29 is 22.3 Å². The van der Waals surface area contributed by atoms with Gasteiger partial charge in [-0.2, -0.15) is 8.42 Å². The van der Waals surface area contributed by atoms with Crippen molar-refractivity contribution in [2.24, 2.45) is 0 Å². The number of nitrogens with zero attached hydrogens (tertiary/aromatic N) is 4. The highest BCUT2D eigenvalue weighted by Gasteiger charge is 2.24. The molecule has 10 nitrogen and oxygen atoms in total. The van der Waals surface area contributed by atoms with Gasteiger partial charge in [0.15, 0.2) is 0 Å². The van der Waals surface area contributed by atoms with Crippen LogP contribution in [0.4, 0.5) is 11.5 Å². The predicted octanol–water partition coefficient (Wildman–Crippen LogP) is 2.39. The highest BCUT2D eigenvalue weighted by atomic mass is 32.2. The molecule has 0 aliphatic carbocycles. The first-order valence-corrected chi connectivity index (χ1v) is 11.2. The van der Waals surface area contributed by atoms with Crippen LogP contribution in [0.15, 0.2) is 40.2 Å². The summed E-state index contributed by atoms with van der Waals surface area (Å²) in [6, 6.07) is 4.64. The molecule has 3 aromatic rings. The maximum atomic E-state index is 12.8. The molecule has 3 aromatic heterocycles. The van der Waals surface area contributed by atoms with E-state index in [0.29, 0.717) is 37.6 Å². The highest BCUT2D eigenvalue weighted by molar-refractivity contribution is 7.92. The quantitative estimate of drug-likeness (QED) is 0.610. The third-order valence-corrected chi connectivity index (χ3v) is 6.12. The number of pyridine rings is 1. The Labute approximate surface area is 180 Å². The second-order valence-corrected chi connectivity index (χ2v) is 8.62. The fraction of sp³-hybridized carbons (Fsp3) is 0.350. The van der Waals surface area contributed by atoms with Crippen LogP contribution in [-0.4, -0.2) is 56.8 Å². The van der Waals surface area contributed by atoms with Crippen molar-refractivity contribution in [3.05, 3.63) is 42.2 Å². The SMILES string of the molecule is COc1ncc(-c2c(C)ncnc2N2CCOCC2)cc1NS(=O)(=O)c1ccc(C)o1. The average Bonchev–Trinajstić information content (AvgIpc) is 3.21. The van der Waals surface area contributed by atoms with E-state index in [2.05, 4.69) is 24.6 Å². The molecule has 0 unspecified atom stereocenters. The predicted molar refractivity (Wildman–Crippen MR) is 114 cm³/mol. The lowest BCUT2D eigenvalue weighted by Gasteiger charge is -2.29. The maximum absolute atomic E-state index is 12.8. The lowest BCUT2D eigenvalue weighted by molar-refractivity contribution is 0.122. The van der Waals surface area contributed by atoms with Crippen molar-refractivity contribution in [3.8, 4) is 17.0 Å². The molecule has 0 bridgehead atoms. The Hall–Kier alpha value is -3.18. The normalized spacial score (nSPS) is 14.5. The van der Waals surface area contributed by atoms with Crippen LogP contribution < -0.4 is 14.4 Å². The Bertz CT molecular complexity index is 1190. The number of aryl methyl sites for hydroxylation is 2. The summed E-state index contributed by atoms with van der Waals surface area (Å²) >= 11 is 0. The average molecular weight is 446 g/mol. The number of sulfonamides is 1. The number of ether oxygens (including phenoxy) is 2. The first-order valence-electron chi connectivity index (χ1n) is 9.67. The number of furan rings is 1. The lowest BCUT2D eigenvalue weighted by atomic mass is 10.1. The van der Waals surface area contributed by atoms with Gasteiger partial charge in [0.1, 0.15) is 23.6 Å². The van der Waals surface area contributed by atoms with Gasteiger partial charge in [-0.3, -0.25) is 4.72 Å². The topological polar surface area (TPSA) is 120 Å². The number of rotatable bonds is 6. The highest BCUT2D eigenvalue weighted by Crippen LogP contribution is 2.35. The summed E-state index contributed by atoms with van der Waals surface area (Å²) in [7, 11) is -2.54. The summed E-state index contributed by atoms with van der Waals surface area (Å²) in [5.41, 5.74) is 2.37. The van der Waals surface area contributed by atoms with Gasteiger partial charge in [-0.1, -0.05) is 0 Å². The number of aromatic nitrogens is 3. The van der Waals surface area contributed by atoms with Crippen molar-refractivity contribution in [1.29, 1.82) is 0 Å². The van der Waals surface area contributed by atoms with E-state index in [9.17, 15) is 8.42 Å². The third kappa shape index (κ3) is 4.32. The number of nitrogens with one attached hydrogen (secondary N) is 1. The molecule has 1 fully saturated rings. The summed E-state index contributed by atoms with van der Waals surface area (Å²) in [5.74, 6) is 1.38. The molecule has 1 saturated heterocycles. The third-order valence-electron chi connectivity index (χ3n) is 4.89. The van der Waals surface area contributed by atoms with Crippen molar-refractivity contribution >= 4 is 21.5 Å². The monoisotopic (exact) mass is 445 g/mol. The van der Waals surface area contributed by atoms with Crippen LogP contribution in [-0.2, 0) is 14.8 Å². The molecule has 0 atom stereocenters. The molecule has 1 aliphatic rings. The van der Waals surface area contributed by atoms with Crippen LogP contribution in [0.1, 0.15) is 11.5 Å². The molecule has 0 radical (unpaired) electrons. The van der Waals surface area contributed by atoms with Crippen LogP contribution in [0.2, 0.25) is 0 Å². The Morgan fingerprint density at radius 1 is 1.13 bits per heavy atom. The molecular weight excluding hydrogens is 422 g/mol. The van der Waals surface area contributed by atoms with E-state index in [1.165, 1.54) is 19.5 Å². The standard InChI is InChI=1S/C20H23N5O5S/c1-13-4-5-17(30-13)31(26,27)24-16-10-15(11-21-20(16)28-3)18-14(2)22-12-23-19(18)25-6-8-29-9-7-25/h4-5,10-12,24H,6-9H2,1-3H3. The van der Waals surface area contributed by atoms with Gasteiger partial charge in [-0.25, -0.2) is 15.0 Å². The van der Waals surface area contributed by atoms with E-state index < -0.39 is 10.0 Å². The van der Waals surface area contributed by atoms with Gasteiger partial charge in [0.25, 0.3) is 10.0 Å². The Morgan fingerprint density at radius 3 is 2.58 bits per heavy atom. The van der Waals surface area contributed by atoms with Gasteiger partial charge in [0.2, 0.25) is 11.0 Å². The number of anilines is 2. The smallest absolute Gasteiger partial charge is 0.295 e. The lowest BCUT2D eigenvalue weighted by Crippen LogP contribution is -2.37. The largest absolute Gasteiger partial charge is 0.480 e. The summed E-state index contributed by atoms with van der Waals surface area (Å²) in [6.07, 6.45) is 3.13. The molecule has 4 heterocycles. The summed E-state index contributed by atoms with van der Waals surface area (Å²) in [6.45, 7) is 6.16. The molecule has 164 valence electrons. The Morgan fingerprint density at radius 2 is 1.90 bits per heavy atom. The van der Waals surface area contributed by atoms with Gasteiger partial charge in [0, 0.05) is 30.4 Å². The molecule has 4 rings (SSSR count). The van der Waals surface area contributed by atoms with E-state index in [4.69, 9.17) is 13.9 Å². The van der Waals surface area contributed by atoms with E-state index in [1.807, 2.05) is 6.92 Å². The molecule has 11 heteroatoms. The molecule has 0 aromatic carbocycles. The Kier molecular flexibility index (Phi) is 5.79. The minimum absolute atomic E-state index is 0.137. The number of morpholine rings is 1. The molecule has 0 saturated carbocycles. The fourth-order valence-corrected chi connectivity index (χ4v) is 4.41. The van der Waals surface area contributed by atoms with Gasteiger partial charge >= 0.3 is 0 Å².